The number of fused-ring (bicyclic) bond motifs is 1. The lowest BCUT2D eigenvalue weighted by Gasteiger charge is -2.27. The maximum Gasteiger partial charge on any atom is 0.122 e. The van der Waals surface area contributed by atoms with E-state index >= 15 is 0 Å². The molecule has 1 aliphatic rings. The zero-order valence-corrected chi connectivity index (χ0v) is 10.5. The number of benzene rings is 1. The van der Waals surface area contributed by atoms with Crippen molar-refractivity contribution in [1.82, 2.24) is 0 Å². The predicted molar refractivity (Wildman–Crippen MR) is 68.1 cm³/mol. The van der Waals surface area contributed by atoms with E-state index < -0.39 is 0 Å². The van der Waals surface area contributed by atoms with Crippen LogP contribution in [0.15, 0.2) is 24.3 Å². The molecule has 0 radical (unpaired) electrons. The Labute approximate surface area is 98.1 Å². The van der Waals surface area contributed by atoms with E-state index in [9.17, 15) is 0 Å². The highest BCUT2D eigenvalue weighted by atomic mass is 16.5. The number of allylic oxidation sites excluding steroid dienone is 1. The first kappa shape index (κ1) is 11.3. The number of ether oxygens (including phenoxy) is 1. The van der Waals surface area contributed by atoms with Crippen molar-refractivity contribution in [2.45, 2.75) is 33.1 Å². The average molecular weight is 216 g/mol. The first-order valence-electron chi connectivity index (χ1n) is 5.94. The highest BCUT2D eigenvalue weighted by Crippen LogP contribution is 2.34. The summed E-state index contributed by atoms with van der Waals surface area (Å²) in [4.78, 5) is 0. The lowest BCUT2D eigenvalue weighted by molar-refractivity contribution is 0.409. The number of methoxy groups -OCH3 is 1. The number of rotatable bonds is 2. The maximum atomic E-state index is 5.38. The van der Waals surface area contributed by atoms with Gasteiger partial charge in [-0.25, -0.2) is 0 Å². The van der Waals surface area contributed by atoms with Crippen LogP contribution in [0.25, 0.3) is 0 Å². The Balaban J connectivity index is 2.38. The largest absolute Gasteiger partial charge is 0.496 e. The van der Waals surface area contributed by atoms with Gasteiger partial charge in [0.2, 0.25) is 0 Å². The first-order chi connectivity index (χ1) is 7.63. The summed E-state index contributed by atoms with van der Waals surface area (Å²) < 4.78 is 5.38. The molecule has 0 spiro atoms. The van der Waals surface area contributed by atoms with Crippen molar-refractivity contribution in [3.05, 3.63) is 41.0 Å². The smallest absolute Gasteiger partial charge is 0.122 e. The molecule has 0 unspecified atom stereocenters. The van der Waals surface area contributed by atoms with Crippen LogP contribution >= 0.6 is 0 Å². The van der Waals surface area contributed by atoms with Gasteiger partial charge in [0.15, 0.2) is 0 Å². The molecule has 1 aliphatic carbocycles. The third kappa shape index (κ3) is 1.87. The standard InChI is InChI=1S/C15H20O/c1-10(2)13-6-5-12-7-8-15(16-4)11(3)14(12)9-13/h7-8,13H,1,5-6,9H2,2-4H3/t13-/m1/s1. The Morgan fingerprint density at radius 2 is 2.19 bits per heavy atom. The molecule has 86 valence electrons. The van der Waals surface area contributed by atoms with Crippen molar-refractivity contribution >= 4 is 0 Å². The Morgan fingerprint density at radius 3 is 2.81 bits per heavy atom. The van der Waals surface area contributed by atoms with Crippen molar-refractivity contribution < 1.29 is 4.74 Å². The van der Waals surface area contributed by atoms with Gasteiger partial charge in [0, 0.05) is 0 Å². The maximum absolute atomic E-state index is 5.38. The van der Waals surface area contributed by atoms with Crippen molar-refractivity contribution in [2.24, 2.45) is 5.92 Å². The van der Waals surface area contributed by atoms with Crippen LogP contribution in [0.2, 0.25) is 0 Å². The molecule has 0 saturated carbocycles. The highest BCUT2D eigenvalue weighted by Gasteiger charge is 2.21. The third-order valence-corrected chi connectivity index (χ3v) is 3.78. The van der Waals surface area contributed by atoms with Gasteiger partial charge in [0.25, 0.3) is 0 Å². The molecule has 1 aromatic carbocycles. The minimum Gasteiger partial charge on any atom is -0.496 e. The van der Waals surface area contributed by atoms with Crippen LogP contribution in [0, 0.1) is 12.8 Å². The van der Waals surface area contributed by atoms with E-state index in [2.05, 4.69) is 32.6 Å². The van der Waals surface area contributed by atoms with Gasteiger partial charge in [-0.3, -0.25) is 0 Å². The summed E-state index contributed by atoms with van der Waals surface area (Å²) in [6, 6.07) is 4.31. The predicted octanol–water partition coefficient (Wildman–Crippen LogP) is 3.68. The highest BCUT2D eigenvalue weighted by molar-refractivity contribution is 5.46. The number of aryl methyl sites for hydroxylation is 1. The van der Waals surface area contributed by atoms with E-state index in [0.29, 0.717) is 5.92 Å². The van der Waals surface area contributed by atoms with Crippen molar-refractivity contribution in [2.75, 3.05) is 7.11 Å². The van der Waals surface area contributed by atoms with Gasteiger partial charge < -0.3 is 4.74 Å². The van der Waals surface area contributed by atoms with Gasteiger partial charge in [0.05, 0.1) is 7.11 Å². The van der Waals surface area contributed by atoms with Crippen LogP contribution in [0.4, 0.5) is 0 Å². The Bertz CT molecular complexity index is 418. The Morgan fingerprint density at radius 1 is 1.44 bits per heavy atom. The second kappa shape index (κ2) is 4.32. The van der Waals surface area contributed by atoms with Gasteiger partial charge >= 0.3 is 0 Å². The molecule has 0 N–H and O–H groups in total. The van der Waals surface area contributed by atoms with E-state index in [0.717, 1.165) is 12.2 Å². The molecule has 16 heavy (non-hydrogen) atoms. The minimum atomic E-state index is 0.651. The molecular weight excluding hydrogens is 196 g/mol. The van der Waals surface area contributed by atoms with Crippen molar-refractivity contribution in [1.29, 1.82) is 0 Å². The summed E-state index contributed by atoms with van der Waals surface area (Å²) >= 11 is 0. The lowest BCUT2D eigenvalue weighted by atomic mass is 9.79. The molecular formula is C15H20O. The Hall–Kier alpha value is -1.24. The molecule has 1 aromatic rings. The molecule has 1 heteroatoms. The van der Waals surface area contributed by atoms with Crippen LogP contribution in [-0.2, 0) is 12.8 Å². The van der Waals surface area contributed by atoms with Crippen LogP contribution < -0.4 is 4.74 Å². The van der Waals surface area contributed by atoms with E-state index in [4.69, 9.17) is 4.74 Å². The molecule has 0 saturated heterocycles. The van der Waals surface area contributed by atoms with Gasteiger partial charge in [-0.05, 0) is 61.8 Å². The molecule has 0 fully saturated rings. The molecule has 0 bridgehead atoms. The fourth-order valence-electron chi connectivity index (χ4n) is 2.63. The van der Waals surface area contributed by atoms with E-state index in [-0.39, 0.29) is 0 Å². The summed E-state index contributed by atoms with van der Waals surface area (Å²) in [6.07, 6.45) is 3.56. The summed E-state index contributed by atoms with van der Waals surface area (Å²) in [5.74, 6) is 1.67. The van der Waals surface area contributed by atoms with Crippen molar-refractivity contribution in [3.63, 3.8) is 0 Å². The van der Waals surface area contributed by atoms with Crippen LogP contribution in [0.5, 0.6) is 5.75 Å². The van der Waals surface area contributed by atoms with E-state index in [1.165, 1.54) is 35.1 Å². The normalized spacial score (nSPS) is 19.1. The van der Waals surface area contributed by atoms with Crippen LogP contribution in [0.3, 0.4) is 0 Å². The molecule has 0 amide bonds. The summed E-state index contributed by atoms with van der Waals surface area (Å²) in [5.41, 5.74) is 5.60. The quantitative estimate of drug-likeness (QED) is 0.685. The monoisotopic (exact) mass is 216 g/mol. The van der Waals surface area contributed by atoms with Crippen molar-refractivity contribution in [3.8, 4) is 5.75 Å². The molecule has 0 heterocycles. The van der Waals surface area contributed by atoms with E-state index in [1.54, 1.807) is 7.11 Å². The van der Waals surface area contributed by atoms with Gasteiger partial charge in [-0.2, -0.15) is 0 Å². The van der Waals surface area contributed by atoms with Crippen LogP contribution in [-0.4, -0.2) is 7.11 Å². The van der Waals surface area contributed by atoms with Gasteiger partial charge in [-0.1, -0.05) is 18.2 Å². The van der Waals surface area contributed by atoms with Gasteiger partial charge in [-0.15, -0.1) is 0 Å². The number of hydrogen-bond acceptors (Lipinski definition) is 1. The summed E-state index contributed by atoms with van der Waals surface area (Å²) in [6.45, 7) is 8.40. The summed E-state index contributed by atoms with van der Waals surface area (Å²) in [7, 11) is 1.74. The second-order valence-electron chi connectivity index (χ2n) is 4.82. The fraction of sp³-hybridized carbons (Fsp3) is 0.467. The third-order valence-electron chi connectivity index (χ3n) is 3.78. The zero-order valence-electron chi connectivity index (χ0n) is 10.5. The topological polar surface area (TPSA) is 9.23 Å². The van der Waals surface area contributed by atoms with E-state index in [1.807, 2.05) is 0 Å². The first-order valence-corrected chi connectivity index (χ1v) is 5.94. The van der Waals surface area contributed by atoms with Crippen LogP contribution in [0.1, 0.15) is 30.0 Å². The Kier molecular flexibility index (Phi) is 3.04. The minimum absolute atomic E-state index is 0.651. The SMILES string of the molecule is C=C(C)[C@@H]1CCc2ccc(OC)c(C)c2C1. The zero-order chi connectivity index (χ0) is 11.7. The molecule has 0 aromatic heterocycles. The number of hydrogen-bond donors (Lipinski definition) is 0. The van der Waals surface area contributed by atoms with Gasteiger partial charge in [0.1, 0.15) is 5.75 Å². The average Bonchev–Trinajstić information content (AvgIpc) is 2.29. The lowest BCUT2D eigenvalue weighted by Crippen LogP contribution is -2.16. The molecule has 1 atom stereocenters. The summed E-state index contributed by atoms with van der Waals surface area (Å²) in [5, 5.41) is 0. The fourth-order valence-corrected chi connectivity index (χ4v) is 2.63. The molecule has 1 nitrogen and oxygen atoms in total. The second-order valence-corrected chi connectivity index (χ2v) is 4.82. The molecule has 2 rings (SSSR count). The molecule has 0 aliphatic heterocycles.